The minimum Gasteiger partial charge on any atom is -0.341 e. The van der Waals surface area contributed by atoms with E-state index in [1.165, 1.54) is 0 Å². The highest BCUT2D eigenvalue weighted by Gasteiger charge is 2.25. The molecule has 0 aliphatic heterocycles. The lowest BCUT2D eigenvalue weighted by molar-refractivity contribution is 0.233. The average molecular weight is 278 g/mol. The van der Waals surface area contributed by atoms with E-state index in [-0.39, 0.29) is 23.8 Å². The van der Waals surface area contributed by atoms with Gasteiger partial charge in [0.15, 0.2) is 0 Å². The summed E-state index contributed by atoms with van der Waals surface area (Å²) < 4.78 is 14.1. The monoisotopic (exact) mass is 278 g/mol. The molecule has 0 unspecified atom stereocenters. The Morgan fingerprint density at radius 1 is 1.30 bits per heavy atom. The van der Waals surface area contributed by atoms with E-state index < -0.39 is 0 Å². The number of urea groups is 1. The molecule has 2 rings (SSSR count). The van der Waals surface area contributed by atoms with Gasteiger partial charge in [0.05, 0.1) is 0 Å². The molecule has 0 saturated heterocycles. The van der Waals surface area contributed by atoms with Crippen molar-refractivity contribution >= 4 is 6.03 Å². The van der Waals surface area contributed by atoms with Crippen molar-refractivity contribution in [3.8, 4) is 0 Å². The number of hydrogen-bond donors (Lipinski definition) is 2. The predicted octanol–water partition coefficient (Wildman–Crippen LogP) is 3.34. The number of hydrogen-bond acceptors (Lipinski definition) is 1. The Kier molecular flexibility index (Phi) is 4.99. The van der Waals surface area contributed by atoms with Crippen molar-refractivity contribution < 1.29 is 9.18 Å². The molecule has 2 amide bonds. The van der Waals surface area contributed by atoms with Crippen molar-refractivity contribution in [2.24, 2.45) is 0 Å². The number of carbonyl (C=O) groups excluding carboxylic acids is 1. The Labute approximate surface area is 120 Å². The van der Waals surface area contributed by atoms with Crippen molar-refractivity contribution in [2.45, 2.75) is 51.0 Å². The maximum atomic E-state index is 14.1. The first kappa shape index (κ1) is 14.8. The van der Waals surface area contributed by atoms with Crippen LogP contribution < -0.4 is 10.6 Å². The molecular weight excluding hydrogens is 255 g/mol. The third-order valence-corrected chi connectivity index (χ3v) is 4.20. The van der Waals surface area contributed by atoms with E-state index in [1.54, 1.807) is 13.1 Å². The zero-order chi connectivity index (χ0) is 14.5. The lowest BCUT2D eigenvalue weighted by Crippen LogP contribution is -2.42. The molecule has 0 bridgehead atoms. The van der Waals surface area contributed by atoms with Gasteiger partial charge in [-0.25, -0.2) is 9.18 Å². The molecule has 2 N–H and O–H groups in total. The second kappa shape index (κ2) is 6.73. The van der Waals surface area contributed by atoms with E-state index in [0.29, 0.717) is 0 Å². The number of carbonyl (C=O) groups is 1. The van der Waals surface area contributed by atoms with E-state index in [2.05, 4.69) is 10.6 Å². The Bertz CT molecular complexity index is 468. The van der Waals surface area contributed by atoms with E-state index in [0.717, 1.165) is 43.2 Å². The molecule has 0 atom stereocenters. The zero-order valence-electron chi connectivity index (χ0n) is 12.2. The third-order valence-electron chi connectivity index (χ3n) is 4.20. The van der Waals surface area contributed by atoms with Crippen LogP contribution in [-0.2, 0) is 6.42 Å². The van der Waals surface area contributed by atoms with Crippen LogP contribution in [0.4, 0.5) is 9.18 Å². The second-order valence-corrected chi connectivity index (χ2v) is 5.48. The van der Waals surface area contributed by atoms with Gasteiger partial charge in [-0.15, -0.1) is 0 Å². The van der Waals surface area contributed by atoms with Crippen molar-refractivity contribution in [3.05, 3.63) is 35.1 Å². The summed E-state index contributed by atoms with van der Waals surface area (Å²) in [7, 11) is 1.62. The highest BCUT2D eigenvalue weighted by Crippen LogP contribution is 2.34. The van der Waals surface area contributed by atoms with Gasteiger partial charge >= 0.3 is 6.03 Å². The van der Waals surface area contributed by atoms with Crippen LogP contribution in [0.1, 0.15) is 49.7 Å². The summed E-state index contributed by atoms with van der Waals surface area (Å²) in [4.78, 5) is 11.3. The molecule has 0 aromatic heterocycles. The summed E-state index contributed by atoms with van der Waals surface area (Å²) in [5, 5.41) is 5.50. The summed E-state index contributed by atoms with van der Waals surface area (Å²) in [6, 6.07) is 5.69. The van der Waals surface area contributed by atoms with E-state index in [1.807, 2.05) is 19.1 Å². The number of rotatable bonds is 3. The lowest BCUT2D eigenvalue weighted by Gasteiger charge is -2.29. The van der Waals surface area contributed by atoms with Crippen molar-refractivity contribution in [1.29, 1.82) is 0 Å². The molecule has 1 saturated carbocycles. The minimum atomic E-state index is -0.132. The summed E-state index contributed by atoms with van der Waals surface area (Å²) in [5.74, 6) is 0.204. The molecule has 1 aromatic carbocycles. The Balaban J connectivity index is 1.95. The van der Waals surface area contributed by atoms with Crippen LogP contribution in [0.5, 0.6) is 0 Å². The highest BCUT2D eigenvalue weighted by molar-refractivity contribution is 5.73. The van der Waals surface area contributed by atoms with Gasteiger partial charge in [0, 0.05) is 13.1 Å². The predicted molar refractivity (Wildman–Crippen MR) is 78.4 cm³/mol. The topological polar surface area (TPSA) is 41.1 Å². The van der Waals surface area contributed by atoms with Gasteiger partial charge in [0.1, 0.15) is 5.82 Å². The molecule has 1 aliphatic carbocycles. The molecule has 1 fully saturated rings. The smallest absolute Gasteiger partial charge is 0.314 e. The summed E-state index contributed by atoms with van der Waals surface area (Å²) in [6.07, 6.45) is 4.54. The molecular formula is C16H23FN2O. The standard InChI is InChI=1S/C16H23FN2O/c1-3-11-4-9-14(15(17)10-11)12-5-7-13(8-6-12)19-16(20)18-2/h4,9-10,12-13H,3,5-8H2,1-2H3,(H2,18,19,20). The molecule has 20 heavy (non-hydrogen) atoms. The van der Waals surface area contributed by atoms with Crippen LogP contribution in [0.3, 0.4) is 0 Å². The van der Waals surface area contributed by atoms with Crippen LogP contribution in [0.25, 0.3) is 0 Å². The van der Waals surface area contributed by atoms with Crippen LogP contribution in [0.2, 0.25) is 0 Å². The summed E-state index contributed by atoms with van der Waals surface area (Å²) in [5.41, 5.74) is 1.88. The van der Waals surface area contributed by atoms with Crippen LogP contribution in [0, 0.1) is 5.82 Å². The lowest BCUT2D eigenvalue weighted by atomic mass is 9.81. The Morgan fingerprint density at radius 3 is 2.55 bits per heavy atom. The fourth-order valence-corrected chi connectivity index (χ4v) is 2.93. The van der Waals surface area contributed by atoms with Crippen molar-refractivity contribution in [1.82, 2.24) is 10.6 Å². The van der Waals surface area contributed by atoms with Gasteiger partial charge < -0.3 is 10.6 Å². The van der Waals surface area contributed by atoms with Crippen LogP contribution in [-0.4, -0.2) is 19.1 Å². The Hall–Kier alpha value is -1.58. The van der Waals surface area contributed by atoms with Crippen molar-refractivity contribution in [2.75, 3.05) is 7.05 Å². The number of benzene rings is 1. The number of aryl methyl sites for hydroxylation is 1. The van der Waals surface area contributed by atoms with Gasteiger partial charge in [-0.3, -0.25) is 0 Å². The van der Waals surface area contributed by atoms with Gasteiger partial charge in [0.25, 0.3) is 0 Å². The van der Waals surface area contributed by atoms with Crippen LogP contribution >= 0.6 is 0 Å². The summed E-state index contributed by atoms with van der Waals surface area (Å²) in [6.45, 7) is 2.03. The van der Waals surface area contributed by atoms with Crippen LogP contribution in [0.15, 0.2) is 18.2 Å². The normalized spacial score (nSPS) is 22.4. The minimum absolute atomic E-state index is 0.0768. The van der Waals surface area contributed by atoms with Gasteiger partial charge in [0.2, 0.25) is 0 Å². The fraction of sp³-hybridized carbons (Fsp3) is 0.562. The molecule has 1 aromatic rings. The van der Waals surface area contributed by atoms with E-state index in [9.17, 15) is 9.18 Å². The average Bonchev–Trinajstić information content (AvgIpc) is 2.48. The highest BCUT2D eigenvalue weighted by atomic mass is 19.1. The molecule has 110 valence electrons. The molecule has 3 nitrogen and oxygen atoms in total. The number of nitrogens with one attached hydrogen (secondary N) is 2. The SMILES string of the molecule is CCc1ccc(C2CCC(NC(=O)NC)CC2)c(F)c1. The maximum absolute atomic E-state index is 14.1. The quantitative estimate of drug-likeness (QED) is 0.874. The van der Waals surface area contributed by atoms with E-state index >= 15 is 0 Å². The molecule has 0 heterocycles. The molecule has 0 radical (unpaired) electrons. The Morgan fingerprint density at radius 2 is 2.00 bits per heavy atom. The van der Waals surface area contributed by atoms with E-state index in [4.69, 9.17) is 0 Å². The number of amides is 2. The van der Waals surface area contributed by atoms with Gasteiger partial charge in [-0.05, 0) is 55.2 Å². The first-order chi connectivity index (χ1) is 9.63. The number of halogens is 1. The van der Waals surface area contributed by atoms with Gasteiger partial charge in [-0.1, -0.05) is 19.1 Å². The third kappa shape index (κ3) is 3.50. The van der Waals surface area contributed by atoms with Gasteiger partial charge in [-0.2, -0.15) is 0 Å². The molecule has 0 spiro atoms. The largest absolute Gasteiger partial charge is 0.341 e. The zero-order valence-corrected chi connectivity index (χ0v) is 12.2. The first-order valence-corrected chi connectivity index (χ1v) is 7.40. The maximum Gasteiger partial charge on any atom is 0.314 e. The first-order valence-electron chi connectivity index (χ1n) is 7.40. The fourth-order valence-electron chi connectivity index (χ4n) is 2.93. The molecule has 1 aliphatic rings. The second-order valence-electron chi connectivity index (χ2n) is 5.48. The molecule has 4 heteroatoms. The van der Waals surface area contributed by atoms with Crippen molar-refractivity contribution in [3.63, 3.8) is 0 Å². The summed E-state index contributed by atoms with van der Waals surface area (Å²) >= 11 is 0.